The first-order valence-electron chi connectivity index (χ1n) is 13.0. The Balaban J connectivity index is 1.50. The SMILES string of the molecule is CCCCOc1cc(N2C(=O)c3ccccc3C2=O)ccc1CCc1ccc(CC(CC)C(=O)O)cc1. The summed E-state index contributed by atoms with van der Waals surface area (Å²) in [5.41, 5.74) is 4.53. The summed E-state index contributed by atoms with van der Waals surface area (Å²) in [5, 5.41) is 9.31. The Bertz CT molecular complexity index is 1250. The molecule has 1 atom stereocenters. The van der Waals surface area contributed by atoms with Crippen molar-refractivity contribution in [2.75, 3.05) is 11.5 Å². The van der Waals surface area contributed by atoms with Gasteiger partial charge in [0, 0.05) is 6.07 Å². The van der Waals surface area contributed by atoms with E-state index in [2.05, 4.69) is 19.1 Å². The Hall–Kier alpha value is -3.93. The second-order valence-electron chi connectivity index (χ2n) is 9.45. The van der Waals surface area contributed by atoms with Crippen molar-refractivity contribution in [3.8, 4) is 5.75 Å². The Labute approximate surface area is 217 Å². The quantitative estimate of drug-likeness (QED) is 0.240. The number of amides is 2. The van der Waals surface area contributed by atoms with E-state index >= 15 is 0 Å². The van der Waals surface area contributed by atoms with Gasteiger partial charge in [-0.2, -0.15) is 0 Å². The number of nitrogens with zero attached hydrogens (tertiary/aromatic N) is 1. The van der Waals surface area contributed by atoms with E-state index in [1.807, 2.05) is 31.2 Å². The zero-order chi connectivity index (χ0) is 26.4. The summed E-state index contributed by atoms with van der Waals surface area (Å²) in [6.07, 6.45) is 4.56. The topological polar surface area (TPSA) is 83.9 Å². The van der Waals surface area contributed by atoms with Gasteiger partial charge in [-0.15, -0.1) is 0 Å². The number of benzene rings is 3. The molecule has 0 aliphatic carbocycles. The molecule has 0 aromatic heterocycles. The van der Waals surface area contributed by atoms with Crippen LogP contribution in [-0.4, -0.2) is 29.5 Å². The fourth-order valence-corrected chi connectivity index (χ4v) is 4.59. The van der Waals surface area contributed by atoms with Crippen LogP contribution in [0.2, 0.25) is 0 Å². The molecule has 1 aliphatic rings. The van der Waals surface area contributed by atoms with Gasteiger partial charge in [0.05, 0.1) is 29.3 Å². The first-order chi connectivity index (χ1) is 17.9. The van der Waals surface area contributed by atoms with Crippen molar-refractivity contribution >= 4 is 23.5 Å². The Morgan fingerprint density at radius 3 is 2.14 bits per heavy atom. The number of anilines is 1. The molecule has 1 N–H and O–H groups in total. The number of fused-ring (bicyclic) bond motifs is 1. The van der Waals surface area contributed by atoms with E-state index in [0.29, 0.717) is 42.0 Å². The lowest BCUT2D eigenvalue weighted by Gasteiger charge is -2.18. The van der Waals surface area contributed by atoms with Crippen molar-refractivity contribution in [2.45, 2.75) is 52.4 Å². The maximum Gasteiger partial charge on any atom is 0.306 e. The van der Waals surface area contributed by atoms with Gasteiger partial charge in [0.1, 0.15) is 5.75 Å². The van der Waals surface area contributed by atoms with E-state index < -0.39 is 5.97 Å². The molecular formula is C31H33NO5. The molecule has 2 amide bonds. The van der Waals surface area contributed by atoms with Gasteiger partial charge in [0.25, 0.3) is 11.8 Å². The summed E-state index contributed by atoms with van der Waals surface area (Å²) < 4.78 is 6.11. The second-order valence-corrected chi connectivity index (χ2v) is 9.45. The molecule has 0 saturated heterocycles. The molecule has 6 nitrogen and oxygen atoms in total. The summed E-state index contributed by atoms with van der Waals surface area (Å²) in [6.45, 7) is 4.56. The minimum absolute atomic E-state index is 0.318. The minimum atomic E-state index is -0.758. The molecule has 37 heavy (non-hydrogen) atoms. The average molecular weight is 500 g/mol. The second kappa shape index (κ2) is 11.9. The highest BCUT2D eigenvalue weighted by molar-refractivity contribution is 6.34. The van der Waals surface area contributed by atoms with Crippen LogP contribution in [0.1, 0.15) is 70.5 Å². The largest absolute Gasteiger partial charge is 0.493 e. The molecule has 3 aromatic rings. The lowest BCUT2D eigenvalue weighted by Crippen LogP contribution is -2.29. The van der Waals surface area contributed by atoms with E-state index in [1.54, 1.807) is 30.3 Å². The van der Waals surface area contributed by atoms with E-state index in [1.165, 1.54) is 4.90 Å². The fraction of sp³-hybridized carbons (Fsp3) is 0.323. The summed E-state index contributed by atoms with van der Waals surface area (Å²) in [6, 6.07) is 20.5. The Morgan fingerprint density at radius 1 is 0.892 bits per heavy atom. The molecule has 1 heterocycles. The Morgan fingerprint density at radius 2 is 1.54 bits per heavy atom. The highest BCUT2D eigenvalue weighted by Gasteiger charge is 2.36. The van der Waals surface area contributed by atoms with Crippen molar-refractivity contribution in [2.24, 2.45) is 5.92 Å². The molecule has 4 rings (SSSR count). The lowest BCUT2D eigenvalue weighted by molar-refractivity contribution is -0.141. The number of hydrogen-bond acceptors (Lipinski definition) is 4. The van der Waals surface area contributed by atoms with E-state index in [9.17, 15) is 19.5 Å². The van der Waals surface area contributed by atoms with E-state index in [0.717, 1.165) is 42.4 Å². The van der Waals surface area contributed by atoms with Gasteiger partial charge in [-0.1, -0.05) is 62.7 Å². The molecule has 1 aliphatic heterocycles. The summed E-state index contributed by atoms with van der Waals surface area (Å²) in [4.78, 5) is 38.5. The number of hydrogen-bond donors (Lipinski definition) is 1. The van der Waals surface area contributed by atoms with Crippen molar-refractivity contribution < 1.29 is 24.2 Å². The smallest absolute Gasteiger partial charge is 0.306 e. The van der Waals surface area contributed by atoms with Crippen LogP contribution in [0.4, 0.5) is 5.69 Å². The predicted molar refractivity (Wildman–Crippen MR) is 143 cm³/mol. The van der Waals surface area contributed by atoms with Crippen LogP contribution in [-0.2, 0) is 24.1 Å². The first kappa shape index (κ1) is 26.1. The average Bonchev–Trinajstić information content (AvgIpc) is 3.17. The van der Waals surface area contributed by atoms with Gasteiger partial charge in [0.2, 0.25) is 0 Å². The highest BCUT2D eigenvalue weighted by Crippen LogP contribution is 2.33. The number of ether oxygens (including phenoxy) is 1. The molecule has 0 radical (unpaired) electrons. The molecule has 3 aromatic carbocycles. The Kier molecular flexibility index (Phi) is 8.39. The number of aryl methyl sites for hydroxylation is 2. The number of carbonyl (C=O) groups is 3. The van der Waals surface area contributed by atoms with Crippen molar-refractivity contribution in [1.82, 2.24) is 0 Å². The zero-order valence-electron chi connectivity index (χ0n) is 21.4. The highest BCUT2D eigenvalue weighted by atomic mass is 16.5. The summed E-state index contributed by atoms with van der Waals surface area (Å²) >= 11 is 0. The molecule has 0 fully saturated rings. The van der Waals surface area contributed by atoms with Crippen molar-refractivity contribution in [3.63, 3.8) is 0 Å². The molecule has 1 unspecified atom stereocenters. The maximum absolute atomic E-state index is 13.0. The third-order valence-corrected chi connectivity index (χ3v) is 6.89. The van der Waals surface area contributed by atoms with Crippen LogP contribution in [0.3, 0.4) is 0 Å². The third kappa shape index (κ3) is 5.91. The predicted octanol–water partition coefficient (Wildman–Crippen LogP) is 6.10. The number of carboxylic acid groups (broad SMARTS) is 1. The van der Waals surface area contributed by atoms with Crippen LogP contribution in [0.15, 0.2) is 66.7 Å². The number of carboxylic acids is 1. The third-order valence-electron chi connectivity index (χ3n) is 6.89. The number of carbonyl (C=O) groups excluding carboxylic acids is 2. The van der Waals surface area contributed by atoms with Crippen molar-refractivity contribution in [3.05, 3.63) is 94.5 Å². The van der Waals surface area contributed by atoms with Crippen LogP contribution in [0, 0.1) is 5.92 Å². The number of aliphatic carboxylic acids is 1. The van der Waals surface area contributed by atoms with Crippen LogP contribution in [0.25, 0.3) is 0 Å². The van der Waals surface area contributed by atoms with E-state index in [-0.39, 0.29) is 17.7 Å². The molecule has 0 saturated carbocycles. The van der Waals surface area contributed by atoms with Gasteiger partial charge < -0.3 is 9.84 Å². The number of imide groups is 1. The molecule has 192 valence electrons. The summed E-state index contributed by atoms with van der Waals surface area (Å²) in [7, 11) is 0. The van der Waals surface area contributed by atoms with Gasteiger partial charge in [-0.05, 0) is 67.0 Å². The first-order valence-corrected chi connectivity index (χ1v) is 13.0. The van der Waals surface area contributed by atoms with Gasteiger partial charge >= 0.3 is 5.97 Å². The standard InChI is InChI=1S/C31H33NO5/c1-3-5-18-37-28-20-25(32-29(33)26-8-6-7-9-27(26)30(32)34)17-16-24(28)15-14-21-10-12-22(13-11-21)19-23(4-2)31(35)36/h6-13,16-17,20,23H,3-5,14-15,18-19H2,1-2H3,(H,35,36). The van der Waals surface area contributed by atoms with Crippen molar-refractivity contribution in [1.29, 1.82) is 0 Å². The number of rotatable bonds is 12. The van der Waals surface area contributed by atoms with Gasteiger partial charge in [-0.25, -0.2) is 4.90 Å². The molecule has 0 bridgehead atoms. The normalized spacial score (nSPS) is 13.5. The molecule has 0 spiro atoms. The van der Waals surface area contributed by atoms with Crippen LogP contribution < -0.4 is 9.64 Å². The van der Waals surface area contributed by atoms with Crippen LogP contribution >= 0.6 is 0 Å². The van der Waals surface area contributed by atoms with Gasteiger partial charge in [-0.3, -0.25) is 14.4 Å². The lowest BCUT2D eigenvalue weighted by atomic mass is 9.95. The molecule has 6 heteroatoms. The monoisotopic (exact) mass is 499 g/mol. The van der Waals surface area contributed by atoms with Crippen LogP contribution in [0.5, 0.6) is 5.75 Å². The van der Waals surface area contributed by atoms with E-state index in [4.69, 9.17) is 4.74 Å². The number of unbranched alkanes of at least 4 members (excludes halogenated alkanes) is 1. The zero-order valence-corrected chi connectivity index (χ0v) is 21.4. The fourth-order valence-electron chi connectivity index (χ4n) is 4.59. The minimum Gasteiger partial charge on any atom is -0.493 e. The van der Waals surface area contributed by atoms with Gasteiger partial charge in [0.15, 0.2) is 0 Å². The summed E-state index contributed by atoms with van der Waals surface area (Å²) in [5.74, 6) is -1.07. The molecular weight excluding hydrogens is 466 g/mol. The maximum atomic E-state index is 13.0.